The molecule has 0 radical (unpaired) electrons. The van der Waals surface area contributed by atoms with Crippen LogP contribution in [0.1, 0.15) is 32.4 Å². The zero-order valence-corrected chi connectivity index (χ0v) is 21.5. The summed E-state index contributed by atoms with van der Waals surface area (Å²) in [6, 6.07) is 10.7. The molecular formula is C26H29N5O4S. The Balaban J connectivity index is 1.64. The second kappa shape index (κ2) is 10.5. The monoisotopic (exact) mass is 507 g/mol. The van der Waals surface area contributed by atoms with Crippen molar-refractivity contribution in [3.05, 3.63) is 60.6 Å². The summed E-state index contributed by atoms with van der Waals surface area (Å²) in [4.78, 5) is 27.6. The highest BCUT2D eigenvalue weighted by atomic mass is 32.1. The number of carbonyl (C=O) groups is 1. The zero-order valence-electron chi connectivity index (χ0n) is 20.6. The lowest BCUT2D eigenvalue weighted by atomic mass is 9.81. The summed E-state index contributed by atoms with van der Waals surface area (Å²) in [6.45, 7) is 6.64. The fraction of sp³-hybridized carbons (Fsp3) is 0.308. The molecule has 0 bridgehead atoms. The molecule has 0 aliphatic heterocycles. The van der Waals surface area contributed by atoms with E-state index in [1.54, 1.807) is 37.8 Å². The van der Waals surface area contributed by atoms with Crippen molar-refractivity contribution in [2.45, 2.75) is 26.8 Å². The van der Waals surface area contributed by atoms with E-state index in [2.05, 4.69) is 9.97 Å². The highest BCUT2D eigenvalue weighted by Gasteiger charge is 2.35. The zero-order chi connectivity index (χ0) is 25.9. The van der Waals surface area contributed by atoms with Crippen LogP contribution >= 0.6 is 11.3 Å². The van der Waals surface area contributed by atoms with E-state index in [1.165, 1.54) is 16.2 Å². The molecule has 0 aliphatic carbocycles. The average Bonchev–Trinajstić information content (AvgIpc) is 3.28. The third-order valence-corrected chi connectivity index (χ3v) is 6.79. The summed E-state index contributed by atoms with van der Waals surface area (Å²) in [5, 5.41) is 9.88. The maximum Gasteiger partial charge on any atom is 0.407 e. The number of pyridine rings is 3. The van der Waals surface area contributed by atoms with Crippen LogP contribution in [0.5, 0.6) is 11.5 Å². The minimum Gasteiger partial charge on any atom is -0.465 e. The van der Waals surface area contributed by atoms with Crippen molar-refractivity contribution in [2.24, 2.45) is 5.41 Å². The molecule has 4 rings (SSSR count). The van der Waals surface area contributed by atoms with Crippen LogP contribution in [0, 0.1) is 5.41 Å². The first kappa shape index (κ1) is 25.3. The number of methoxy groups -OCH3 is 1. The van der Waals surface area contributed by atoms with Crippen LogP contribution in [0.3, 0.4) is 0 Å². The predicted octanol–water partition coefficient (Wildman–Crippen LogP) is 5.84. The number of thiophene rings is 1. The normalized spacial score (nSPS) is 12.4. The first-order chi connectivity index (χ1) is 17.2. The standard InChI is InChI=1S/C26H29N5O4S/c1-26(2,3)24(31(25(32)33)11-12-34-4)16-5-7-18(29-14-16)21-13-19-23(36-21)20(9-10-28-19)35-17-6-8-22(27)30-15-17/h5-10,13-15,24H,11-12H2,1-4H3,(H2,27,30)(H,32,33). The lowest BCUT2D eigenvalue weighted by Crippen LogP contribution is -2.42. The topological polar surface area (TPSA) is 124 Å². The molecule has 4 aromatic heterocycles. The van der Waals surface area contributed by atoms with Gasteiger partial charge in [0.2, 0.25) is 0 Å². The summed E-state index contributed by atoms with van der Waals surface area (Å²) < 4.78 is 12.0. The maximum atomic E-state index is 12.1. The molecule has 1 unspecified atom stereocenters. The Labute approximate surface area is 213 Å². The van der Waals surface area contributed by atoms with E-state index in [4.69, 9.17) is 20.2 Å². The van der Waals surface area contributed by atoms with Gasteiger partial charge in [-0.15, -0.1) is 11.3 Å². The molecule has 1 amide bonds. The van der Waals surface area contributed by atoms with Crippen molar-refractivity contribution >= 4 is 33.5 Å². The minimum absolute atomic E-state index is 0.268. The third-order valence-electron chi connectivity index (χ3n) is 5.63. The number of hydrogen-bond donors (Lipinski definition) is 2. The molecule has 9 nitrogen and oxygen atoms in total. The number of rotatable bonds is 8. The van der Waals surface area contributed by atoms with Crippen molar-refractivity contribution in [3.8, 4) is 22.1 Å². The van der Waals surface area contributed by atoms with Crippen LogP contribution in [0.15, 0.2) is 55.0 Å². The van der Waals surface area contributed by atoms with Crippen molar-refractivity contribution in [2.75, 3.05) is 26.0 Å². The number of hydrogen-bond acceptors (Lipinski definition) is 8. The van der Waals surface area contributed by atoms with E-state index in [0.717, 1.165) is 26.4 Å². The minimum atomic E-state index is -0.990. The summed E-state index contributed by atoms with van der Waals surface area (Å²) in [6.07, 6.45) is 4.04. The number of anilines is 1. The van der Waals surface area contributed by atoms with Gasteiger partial charge in [0.1, 0.15) is 17.3 Å². The molecule has 0 saturated heterocycles. The third kappa shape index (κ3) is 5.55. The number of nitrogens with two attached hydrogens (primary N) is 1. The Hall–Kier alpha value is -3.76. The van der Waals surface area contributed by atoms with Gasteiger partial charge in [-0.1, -0.05) is 26.8 Å². The quantitative estimate of drug-likeness (QED) is 0.305. The molecule has 0 saturated carbocycles. The van der Waals surface area contributed by atoms with Crippen molar-refractivity contribution in [3.63, 3.8) is 0 Å². The molecule has 3 N–H and O–H groups in total. The number of nitrogen functional groups attached to an aromatic ring is 1. The Bertz CT molecular complexity index is 1330. The van der Waals surface area contributed by atoms with Crippen LogP contribution in [-0.2, 0) is 4.74 Å². The highest BCUT2D eigenvalue weighted by molar-refractivity contribution is 7.22. The molecule has 10 heteroatoms. The first-order valence-electron chi connectivity index (χ1n) is 11.4. The van der Waals surface area contributed by atoms with E-state index in [0.29, 0.717) is 23.9 Å². The van der Waals surface area contributed by atoms with Crippen LogP contribution < -0.4 is 10.5 Å². The second-order valence-electron chi connectivity index (χ2n) is 9.37. The largest absolute Gasteiger partial charge is 0.465 e. The first-order valence-corrected chi connectivity index (χ1v) is 12.2. The van der Waals surface area contributed by atoms with Crippen molar-refractivity contribution in [1.82, 2.24) is 19.9 Å². The maximum absolute atomic E-state index is 12.1. The average molecular weight is 508 g/mol. The Morgan fingerprint density at radius 1 is 1.14 bits per heavy atom. The van der Waals surface area contributed by atoms with Crippen LogP contribution in [0.2, 0.25) is 0 Å². The summed E-state index contributed by atoms with van der Waals surface area (Å²) >= 11 is 1.53. The Kier molecular flexibility index (Phi) is 7.37. The molecule has 0 aliphatic rings. The van der Waals surface area contributed by atoms with Gasteiger partial charge < -0.3 is 20.3 Å². The Morgan fingerprint density at radius 3 is 2.56 bits per heavy atom. The number of carboxylic acid groups (broad SMARTS) is 1. The Morgan fingerprint density at radius 2 is 1.94 bits per heavy atom. The van der Waals surface area contributed by atoms with E-state index in [1.807, 2.05) is 45.0 Å². The van der Waals surface area contributed by atoms with Gasteiger partial charge in [-0.2, -0.15) is 0 Å². The van der Waals surface area contributed by atoms with Crippen LogP contribution in [0.4, 0.5) is 10.6 Å². The molecule has 1 atom stereocenters. The molecule has 4 heterocycles. The molecular weight excluding hydrogens is 478 g/mol. The van der Waals surface area contributed by atoms with Gasteiger partial charge in [0.15, 0.2) is 0 Å². The van der Waals surface area contributed by atoms with Crippen molar-refractivity contribution in [1.29, 1.82) is 0 Å². The van der Waals surface area contributed by atoms with E-state index in [9.17, 15) is 9.90 Å². The number of aromatic nitrogens is 3. The van der Waals surface area contributed by atoms with E-state index in [-0.39, 0.29) is 18.0 Å². The SMILES string of the molecule is COCCN(C(=O)O)C(c1ccc(-c2cc3nccc(Oc4ccc(N)nc4)c3s2)nc1)C(C)(C)C. The predicted molar refractivity (Wildman–Crippen MR) is 140 cm³/mol. The van der Waals surface area contributed by atoms with Gasteiger partial charge in [0.25, 0.3) is 0 Å². The van der Waals surface area contributed by atoms with E-state index >= 15 is 0 Å². The summed E-state index contributed by atoms with van der Waals surface area (Å²) in [5.41, 5.74) is 7.71. The molecule has 0 aromatic carbocycles. The molecule has 188 valence electrons. The van der Waals surface area contributed by atoms with Crippen molar-refractivity contribution < 1.29 is 19.4 Å². The van der Waals surface area contributed by atoms with Gasteiger partial charge in [-0.3, -0.25) is 14.9 Å². The fourth-order valence-corrected chi connectivity index (χ4v) is 5.13. The van der Waals surface area contributed by atoms with E-state index < -0.39 is 6.09 Å². The van der Waals surface area contributed by atoms with Gasteiger partial charge >= 0.3 is 6.09 Å². The highest BCUT2D eigenvalue weighted by Crippen LogP contribution is 2.41. The van der Waals surface area contributed by atoms with Gasteiger partial charge in [-0.05, 0) is 35.2 Å². The molecule has 36 heavy (non-hydrogen) atoms. The second-order valence-corrected chi connectivity index (χ2v) is 10.4. The number of nitrogens with zero attached hydrogens (tertiary/aromatic N) is 4. The van der Waals surface area contributed by atoms with Gasteiger partial charge in [-0.25, -0.2) is 9.78 Å². The van der Waals surface area contributed by atoms with Crippen LogP contribution in [-0.4, -0.2) is 51.3 Å². The molecule has 4 aromatic rings. The molecule has 0 spiro atoms. The lowest BCUT2D eigenvalue weighted by Gasteiger charge is -2.38. The number of amides is 1. The smallest absolute Gasteiger partial charge is 0.407 e. The summed E-state index contributed by atoms with van der Waals surface area (Å²) in [7, 11) is 1.56. The fourth-order valence-electron chi connectivity index (χ4n) is 4.09. The van der Waals surface area contributed by atoms with Gasteiger partial charge in [0, 0.05) is 32.1 Å². The lowest BCUT2D eigenvalue weighted by molar-refractivity contribution is 0.0612. The molecule has 0 fully saturated rings. The summed E-state index contributed by atoms with van der Waals surface area (Å²) in [5.74, 6) is 1.68. The number of ether oxygens (including phenoxy) is 2. The number of fused-ring (bicyclic) bond motifs is 1. The van der Waals surface area contributed by atoms with Crippen LogP contribution in [0.25, 0.3) is 20.8 Å². The van der Waals surface area contributed by atoms with Gasteiger partial charge in [0.05, 0.1) is 39.6 Å².